The molecule has 1 N–H and O–H groups in total. The molecule has 7 nitrogen and oxygen atoms in total. The van der Waals surface area contributed by atoms with Gasteiger partial charge in [-0.25, -0.2) is 13.2 Å². The number of anilines is 2. The largest absolute Gasteiger partial charge is 0.462 e. The molecule has 0 aromatic heterocycles. The molecule has 0 spiro atoms. The van der Waals surface area contributed by atoms with Crippen LogP contribution in [0.15, 0.2) is 71.6 Å². The van der Waals surface area contributed by atoms with Crippen LogP contribution in [0, 0.1) is 6.92 Å². The molecule has 0 heterocycles. The van der Waals surface area contributed by atoms with Crippen molar-refractivity contribution in [2.45, 2.75) is 18.7 Å². The van der Waals surface area contributed by atoms with Crippen molar-refractivity contribution >= 4 is 56.5 Å². The fourth-order valence-electron chi connectivity index (χ4n) is 3.15. The number of nitrogens with one attached hydrogen (secondary N) is 1. The SMILES string of the molecule is CCOC(=O)c1ccc(NC(=O)CN(c2ccccc2C)S(=O)(=O)c2ccc(Cl)cc2)c(Cl)c1. The number of para-hydroxylation sites is 1. The Labute approximate surface area is 208 Å². The molecular formula is C24H22Cl2N2O5S. The van der Waals surface area contributed by atoms with Crippen LogP contribution in [0.1, 0.15) is 22.8 Å². The molecule has 0 atom stereocenters. The Morgan fingerprint density at radius 1 is 1.00 bits per heavy atom. The Morgan fingerprint density at radius 3 is 2.29 bits per heavy atom. The summed E-state index contributed by atoms with van der Waals surface area (Å²) < 4.78 is 32.9. The van der Waals surface area contributed by atoms with Crippen LogP contribution in [-0.4, -0.2) is 33.4 Å². The second-order valence-corrected chi connectivity index (χ2v) is 9.92. The number of nitrogens with zero attached hydrogens (tertiary/aromatic N) is 1. The van der Waals surface area contributed by atoms with Gasteiger partial charge in [0, 0.05) is 5.02 Å². The predicted molar refractivity (Wildman–Crippen MR) is 133 cm³/mol. The summed E-state index contributed by atoms with van der Waals surface area (Å²) in [5, 5.41) is 3.11. The minimum Gasteiger partial charge on any atom is -0.462 e. The van der Waals surface area contributed by atoms with E-state index in [0.29, 0.717) is 16.3 Å². The Bertz CT molecular complexity index is 1310. The lowest BCUT2D eigenvalue weighted by Gasteiger charge is -2.25. The monoisotopic (exact) mass is 520 g/mol. The van der Waals surface area contributed by atoms with Gasteiger partial charge < -0.3 is 10.1 Å². The van der Waals surface area contributed by atoms with Crippen molar-refractivity contribution in [3.8, 4) is 0 Å². The van der Waals surface area contributed by atoms with Crippen molar-refractivity contribution in [1.82, 2.24) is 0 Å². The number of benzene rings is 3. The number of esters is 1. The van der Waals surface area contributed by atoms with E-state index in [2.05, 4.69) is 5.32 Å². The van der Waals surface area contributed by atoms with E-state index in [1.54, 1.807) is 38.1 Å². The molecule has 1 amide bonds. The van der Waals surface area contributed by atoms with Crippen molar-refractivity contribution in [2.75, 3.05) is 22.8 Å². The molecule has 0 radical (unpaired) electrons. The summed E-state index contributed by atoms with van der Waals surface area (Å²) in [5.74, 6) is -1.16. The minimum absolute atomic E-state index is 0.00947. The maximum atomic E-state index is 13.5. The highest BCUT2D eigenvalue weighted by atomic mass is 35.5. The first kappa shape index (κ1) is 25.6. The van der Waals surface area contributed by atoms with Gasteiger partial charge in [-0.3, -0.25) is 9.10 Å². The average Bonchev–Trinajstić information content (AvgIpc) is 2.80. The third-order valence-electron chi connectivity index (χ3n) is 4.83. The number of rotatable bonds is 8. The molecule has 0 aliphatic carbocycles. The molecule has 3 rings (SSSR count). The van der Waals surface area contributed by atoms with Gasteiger partial charge in [-0.1, -0.05) is 41.4 Å². The highest BCUT2D eigenvalue weighted by Gasteiger charge is 2.28. The highest BCUT2D eigenvalue weighted by Crippen LogP contribution is 2.28. The van der Waals surface area contributed by atoms with Crippen LogP contribution in [-0.2, 0) is 19.6 Å². The standard InChI is InChI=1S/C24H22Cl2N2O5S/c1-3-33-24(30)17-8-13-21(20(26)14-17)27-23(29)15-28(22-7-5-4-6-16(22)2)34(31,32)19-11-9-18(25)10-12-19/h4-14H,3,15H2,1-2H3,(H,27,29). The van der Waals surface area contributed by atoms with E-state index < -0.39 is 28.4 Å². The molecule has 0 aliphatic heterocycles. The quantitative estimate of drug-likeness (QED) is 0.406. The number of ether oxygens (including phenoxy) is 1. The normalized spacial score (nSPS) is 11.1. The van der Waals surface area contributed by atoms with Crippen LogP contribution in [0.2, 0.25) is 10.0 Å². The third-order valence-corrected chi connectivity index (χ3v) is 7.17. The van der Waals surface area contributed by atoms with Gasteiger partial charge in [0.1, 0.15) is 6.54 Å². The van der Waals surface area contributed by atoms with E-state index in [1.807, 2.05) is 0 Å². The van der Waals surface area contributed by atoms with Gasteiger partial charge >= 0.3 is 5.97 Å². The van der Waals surface area contributed by atoms with E-state index in [-0.39, 0.29) is 27.8 Å². The third kappa shape index (κ3) is 5.88. The van der Waals surface area contributed by atoms with Crippen molar-refractivity contribution in [2.24, 2.45) is 0 Å². The van der Waals surface area contributed by atoms with E-state index in [0.717, 1.165) is 4.31 Å². The number of hydrogen-bond donors (Lipinski definition) is 1. The summed E-state index contributed by atoms with van der Waals surface area (Å²) >= 11 is 12.1. The lowest BCUT2D eigenvalue weighted by atomic mass is 10.2. The average molecular weight is 521 g/mol. The molecule has 34 heavy (non-hydrogen) atoms. The first-order valence-electron chi connectivity index (χ1n) is 10.2. The molecule has 0 saturated carbocycles. The fraction of sp³-hybridized carbons (Fsp3) is 0.167. The number of halogens is 2. The molecule has 0 aliphatic rings. The Kier molecular flexibility index (Phi) is 8.19. The molecule has 0 fully saturated rings. The van der Waals surface area contributed by atoms with Crippen molar-refractivity contribution in [3.63, 3.8) is 0 Å². The lowest BCUT2D eigenvalue weighted by molar-refractivity contribution is -0.114. The van der Waals surface area contributed by atoms with E-state index in [1.165, 1.54) is 42.5 Å². The van der Waals surface area contributed by atoms with Crippen LogP contribution < -0.4 is 9.62 Å². The summed E-state index contributed by atoms with van der Waals surface area (Å²) in [4.78, 5) is 24.8. The molecule has 0 unspecified atom stereocenters. The molecule has 0 saturated heterocycles. The second kappa shape index (κ2) is 10.9. The molecule has 0 bridgehead atoms. The zero-order valence-corrected chi connectivity index (χ0v) is 20.7. The predicted octanol–water partition coefficient (Wildman–Crippen LogP) is 5.31. The molecule has 3 aromatic rings. The fourth-order valence-corrected chi connectivity index (χ4v) is 4.99. The van der Waals surface area contributed by atoms with Gasteiger partial charge in [0.05, 0.1) is 33.5 Å². The van der Waals surface area contributed by atoms with Gasteiger partial charge in [0.15, 0.2) is 0 Å². The Hall–Kier alpha value is -3.07. The van der Waals surface area contributed by atoms with Crippen LogP contribution in [0.5, 0.6) is 0 Å². The van der Waals surface area contributed by atoms with Crippen LogP contribution >= 0.6 is 23.2 Å². The zero-order chi connectivity index (χ0) is 24.9. The van der Waals surface area contributed by atoms with Gasteiger partial charge in [0.2, 0.25) is 5.91 Å². The minimum atomic E-state index is -4.10. The topological polar surface area (TPSA) is 92.8 Å². The van der Waals surface area contributed by atoms with Crippen LogP contribution in [0.3, 0.4) is 0 Å². The van der Waals surface area contributed by atoms with Crippen molar-refractivity contribution in [3.05, 3.63) is 87.9 Å². The lowest BCUT2D eigenvalue weighted by Crippen LogP contribution is -2.38. The number of carbonyl (C=O) groups is 2. The first-order valence-corrected chi connectivity index (χ1v) is 12.4. The van der Waals surface area contributed by atoms with Gasteiger partial charge in [-0.05, 0) is 67.9 Å². The van der Waals surface area contributed by atoms with Crippen LogP contribution in [0.4, 0.5) is 11.4 Å². The zero-order valence-electron chi connectivity index (χ0n) is 18.4. The van der Waals surface area contributed by atoms with Crippen molar-refractivity contribution in [1.29, 1.82) is 0 Å². The maximum Gasteiger partial charge on any atom is 0.338 e. The smallest absolute Gasteiger partial charge is 0.338 e. The summed E-state index contributed by atoms with van der Waals surface area (Å²) in [6.45, 7) is 3.15. The molecular weight excluding hydrogens is 499 g/mol. The van der Waals surface area contributed by atoms with E-state index in [9.17, 15) is 18.0 Å². The number of hydrogen-bond acceptors (Lipinski definition) is 5. The summed E-state index contributed by atoms with van der Waals surface area (Å²) in [7, 11) is -4.10. The number of sulfonamides is 1. The van der Waals surface area contributed by atoms with Crippen LogP contribution in [0.25, 0.3) is 0 Å². The molecule has 3 aromatic carbocycles. The number of amides is 1. The maximum absolute atomic E-state index is 13.5. The molecule has 178 valence electrons. The molecule has 10 heteroatoms. The number of carbonyl (C=O) groups excluding carboxylic acids is 2. The van der Waals surface area contributed by atoms with Gasteiger partial charge in [-0.15, -0.1) is 0 Å². The van der Waals surface area contributed by atoms with Crippen molar-refractivity contribution < 1.29 is 22.7 Å². The summed E-state index contributed by atoms with van der Waals surface area (Å²) in [5.41, 5.74) is 1.49. The van der Waals surface area contributed by atoms with Gasteiger partial charge in [0.25, 0.3) is 10.0 Å². The summed E-state index contributed by atoms with van der Waals surface area (Å²) in [6, 6.07) is 16.8. The van der Waals surface area contributed by atoms with Gasteiger partial charge in [-0.2, -0.15) is 0 Å². The highest BCUT2D eigenvalue weighted by molar-refractivity contribution is 7.92. The number of aryl methyl sites for hydroxylation is 1. The van der Waals surface area contributed by atoms with E-state index in [4.69, 9.17) is 27.9 Å². The Balaban J connectivity index is 1.90. The van der Waals surface area contributed by atoms with E-state index >= 15 is 0 Å². The second-order valence-electron chi connectivity index (χ2n) is 7.22. The summed E-state index contributed by atoms with van der Waals surface area (Å²) in [6.07, 6.45) is 0. The first-order chi connectivity index (χ1) is 16.1. The Morgan fingerprint density at radius 2 is 1.68 bits per heavy atom.